The highest BCUT2D eigenvalue weighted by atomic mass is 35.5. The summed E-state index contributed by atoms with van der Waals surface area (Å²) in [6.07, 6.45) is 2.76. The minimum atomic E-state index is -0.110. The number of nitrogens with zero attached hydrogens (tertiary/aromatic N) is 3. The van der Waals surface area contributed by atoms with E-state index in [1.54, 1.807) is 18.3 Å². The molecule has 5 nitrogen and oxygen atoms in total. The van der Waals surface area contributed by atoms with E-state index in [-0.39, 0.29) is 11.7 Å². The van der Waals surface area contributed by atoms with Crippen LogP contribution in [-0.4, -0.2) is 28.2 Å². The molecule has 3 aromatic rings. The normalized spacial score (nSPS) is 13.1. The first-order chi connectivity index (χ1) is 14.1. The number of rotatable bonds is 5. The third-order valence-corrected chi connectivity index (χ3v) is 5.98. The molecule has 7 heteroatoms. The number of halogens is 1. The SMILES string of the molecule is Cc1ccc(Cl)cc1NC(=O)CSc1nccc(N2CCc3ccccc3C2)n1. The molecule has 2 heterocycles. The van der Waals surface area contributed by atoms with Crippen molar-refractivity contribution in [3.8, 4) is 0 Å². The Morgan fingerprint density at radius 3 is 2.90 bits per heavy atom. The standard InChI is InChI=1S/C22H21ClN4OS/c1-15-6-7-18(23)12-19(15)25-21(28)14-29-22-24-10-8-20(26-22)27-11-9-16-4-2-3-5-17(16)13-27/h2-8,10,12H,9,11,13-14H2,1H3,(H,25,28). The molecule has 0 saturated heterocycles. The highest BCUT2D eigenvalue weighted by molar-refractivity contribution is 7.99. The lowest BCUT2D eigenvalue weighted by Gasteiger charge is -2.29. The van der Waals surface area contributed by atoms with Crippen LogP contribution in [0.2, 0.25) is 5.02 Å². The second kappa shape index (κ2) is 8.84. The van der Waals surface area contributed by atoms with Gasteiger partial charge in [0.2, 0.25) is 5.91 Å². The first kappa shape index (κ1) is 19.7. The average molecular weight is 425 g/mol. The number of amides is 1. The van der Waals surface area contributed by atoms with E-state index < -0.39 is 0 Å². The zero-order chi connectivity index (χ0) is 20.2. The molecule has 0 unspecified atom stereocenters. The van der Waals surface area contributed by atoms with Crippen LogP contribution in [0.5, 0.6) is 0 Å². The van der Waals surface area contributed by atoms with E-state index in [0.29, 0.717) is 10.2 Å². The van der Waals surface area contributed by atoms with Crippen LogP contribution in [0.1, 0.15) is 16.7 Å². The van der Waals surface area contributed by atoms with Gasteiger partial charge in [0.25, 0.3) is 0 Å². The van der Waals surface area contributed by atoms with Gasteiger partial charge in [0.1, 0.15) is 5.82 Å². The maximum Gasteiger partial charge on any atom is 0.234 e. The third kappa shape index (κ3) is 4.89. The molecular weight excluding hydrogens is 404 g/mol. The van der Waals surface area contributed by atoms with Gasteiger partial charge in [0, 0.05) is 30.0 Å². The number of aromatic nitrogens is 2. The van der Waals surface area contributed by atoms with Gasteiger partial charge in [-0.2, -0.15) is 0 Å². The van der Waals surface area contributed by atoms with Gasteiger partial charge in [-0.1, -0.05) is 53.7 Å². The summed E-state index contributed by atoms with van der Waals surface area (Å²) in [7, 11) is 0. The number of carbonyl (C=O) groups is 1. The fourth-order valence-corrected chi connectivity index (χ4v) is 4.11. The summed E-state index contributed by atoms with van der Waals surface area (Å²) in [6, 6.07) is 15.9. The van der Waals surface area contributed by atoms with Crippen molar-refractivity contribution in [2.24, 2.45) is 0 Å². The number of nitrogens with one attached hydrogen (secondary N) is 1. The van der Waals surface area contributed by atoms with Crippen molar-refractivity contribution in [2.75, 3.05) is 22.5 Å². The molecule has 0 aliphatic carbocycles. The Morgan fingerprint density at radius 2 is 2.03 bits per heavy atom. The summed E-state index contributed by atoms with van der Waals surface area (Å²) in [6.45, 7) is 3.70. The Morgan fingerprint density at radius 1 is 1.21 bits per heavy atom. The van der Waals surface area contributed by atoms with Crippen molar-refractivity contribution < 1.29 is 4.79 Å². The maximum absolute atomic E-state index is 12.3. The number of hydrogen-bond donors (Lipinski definition) is 1. The van der Waals surface area contributed by atoms with Crippen LogP contribution in [0.3, 0.4) is 0 Å². The van der Waals surface area contributed by atoms with Crippen molar-refractivity contribution >= 4 is 40.8 Å². The number of hydrogen-bond acceptors (Lipinski definition) is 5. The Labute approximate surface area is 179 Å². The first-order valence-electron chi connectivity index (χ1n) is 9.42. The smallest absolute Gasteiger partial charge is 0.234 e. The quantitative estimate of drug-likeness (QED) is 0.474. The zero-order valence-corrected chi connectivity index (χ0v) is 17.6. The van der Waals surface area contributed by atoms with Crippen LogP contribution < -0.4 is 10.2 Å². The molecule has 1 aliphatic rings. The molecular formula is C22H21ClN4OS. The molecule has 1 N–H and O–H groups in total. The van der Waals surface area contributed by atoms with Crippen LogP contribution in [0.15, 0.2) is 59.9 Å². The second-order valence-corrected chi connectivity index (χ2v) is 8.31. The van der Waals surface area contributed by atoms with E-state index in [0.717, 1.165) is 36.6 Å². The molecule has 0 atom stereocenters. The highest BCUT2D eigenvalue weighted by Crippen LogP contribution is 2.25. The summed E-state index contributed by atoms with van der Waals surface area (Å²) in [5.41, 5.74) is 4.43. The van der Waals surface area contributed by atoms with Crippen LogP contribution in [-0.2, 0) is 17.8 Å². The Hall–Kier alpha value is -2.57. The molecule has 1 aromatic heterocycles. The van der Waals surface area contributed by atoms with Gasteiger partial charge >= 0.3 is 0 Å². The summed E-state index contributed by atoms with van der Waals surface area (Å²) >= 11 is 7.34. The molecule has 1 aliphatic heterocycles. The molecule has 0 radical (unpaired) electrons. The number of benzene rings is 2. The minimum Gasteiger partial charge on any atom is -0.352 e. The molecule has 1 amide bonds. The molecule has 4 rings (SSSR count). The largest absolute Gasteiger partial charge is 0.352 e. The maximum atomic E-state index is 12.3. The van der Waals surface area contributed by atoms with Crippen LogP contribution in [0.25, 0.3) is 0 Å². The van der Waals surface area contributed by atoms with Crippen LogP contribution in [0.4, 0.5) is 11.5 Å². The minimum absolute atomic E-state index is 0.110. The number of carbonyl (C=O) groups excluding carboxylic acids is 1. The van der Waals surface area contributed by atoms with E-state index in [9.17, 15) is 4.79 Å². The van der Waals surface area contributed by atoms with Gasteiger partial charge in [0.15, 0.2) is 5.16 Å². The van der Waals surface area contributed by atoms with E-state index in [4.69, 9.17) is 11.6 Å². The van der Waals surface area contributed by atoms with Crippen molar-refractivity contribution in [3.63, 3.8) is 0 Å². The summed E-state index contributed by atoms with van der Waals surface area (Å²) in [5, 5.41) is 4.09. The molecule has 0 saturated carbocycles. The van der Waals surface area contributed by atoms with Crippen molar-refractivity contribution in [1.29, 1.82) is 0 Å². The van der Waals surface area contributed by atoms with Crippen molar-refractivity contribution in [3.05, 3.63) is 76.4 Å². The predicted octanol–water partition coefficient (Wildman–Crippen LogP) is 4.73. The average Bonchev–Trinajstić information content (AvgIpc) is 2.75. The Balaban J connectivity index is 1.38. The number of aryl methyl sites for hydroxylation is 1. The van der Waals surface area contributed by atoms with Gasteiger partial charge in [-0.05, 0) is 48.2 Å². The van der Waals surface area contributed by atoms with E-state index in [1.165, 1.54) is 22.9 Å². The predicted molar refractivity (Wildman–Crippen MR) is 119 cm³/mol. The van der Waals surface area contributed by atoms with Gasteiger partial charge < -0.3 is 10.2 Å². The monoisotopic (exact) mass is 424 g/mol. The summed E-state index contributed by atoms with van der Waals surface area (Å²) < 4.78 is 0. The zero-order valence-electron chi connectivity index (χ0n) is 16.1. The third-order valence-electron chi connectivity index (χ3n) is 4.88. The lowest BCUT2D eigenvalue weighted by Crippen LogP contribution is -2.31. The van der Waals surface area contributed by atoms with Crippen molar-refractivity contribution in [2.45, 2.75) is 25.0 Å². The van der Waals surface area contributed by atoms with Gasteiger partial charge in [-0.3, -0.25) is 4.79 Å². The first-order valence-corrected chi connectivity index (χ1v) is 10.8. The molecule has 29 heavy (non-hydrogen) atoms. The van der Waals surface area contributed by atoms with Gasteiger partial charge in [-0.15, -0.1) is 0 Å². The Kier molecular flexibility index (Phi) is 6.02. The topological polar surface area (TPSA) is 58.1 Å². The van der Waals surface area contributed by atoms with Crippen molar-refractivity contribution in [1.82, 2.24) is 9.97 Å². The molecule has 0 bridgehead atoms. The fraction of sp³-hybridized carbons (Fsp3) is 0.227. The van der Waals surface area contributed by atoms with Crippen LogP contribution in [0, 0.1) is 6.92 Å². The molecule has 0 fully saturated rings. The number of anilines is 2. The molecule has 148 valence electrons. The molecule has 0 spiro atoms. The summed E-state index contributed by atoms with van der Waals surface area (Å²) in [4.78, 5) is 23.6. The second-order valence-electron chi connectivity index (χ2n) is 6.93. The van der Waals surface area contributed by atoms with E-state index in [2.05, 4.69) is 44.5 Å². The van der Waals surface area contributed by atoms with Crippen LogP contribution >= 0.6 is 23.4 Å². The Bertz CT molecular complexity index is 1040. The van der Waals surface area contributed by atoms with E-state index >= 15 is 0 Å². The van der Waals surface area contributed by atoms with Gasteiger partial charge in [0.05, 0.1) is 5.75 Å². The highest BCUT2D eigenvalue weighted by Gasteiger charge is 2.17. The summed E-state index contributed by atoms with van der Waals surface area (Å²) in [5.74, 6) is 1.02. The van der Waals surface area contributed by atoms with Gasteiger partial charge in [-0.25, -0.2) is 9.97 Å². The molecule has 2 aromatic carbocycles. The van der Waals surface area contributed by atoms with E-state index in [1.807, 2.05) is 19.1 Å². The number of fused-ring (bicyclic) bond motifs is 1. The lowest BCUT2D eigenvalue weighted by atomic mass is 10.00. The fourth-order valence-electron chi connectivity index (χ4n) is 3.31. The number of thioether (sulfide) groups is 1. The lowest BCUT2D eigenvalue weighted by molar-refractivity contribution is -0.113.